The topological polar surface area (TPSA) is 54.5 Å². The monoisotopic (exact) mass is 267 g/mol. The molecule has 0 spiro atoms. The largest absolute Gasteiger partial charge is 0.342 e. The van der Waals surface area contributed by atoms with E-state index in [0.717, 1.165) is 0 Å². The van der Waals surface area contributed by atoms with Gasteiger partial charge in [-0.3, -0.25) is 4.79 Å². The molecule has 0 aromatic heterocycles. The number of carbonyl (C=O) groups is 1. The van der Waals surface area contributed by atoms with Gasteiger partial charge in [0.2, 0.25) is 15.0 Å². The van der Waals surface area contributed by atoms with Crippen LogP contribution in [0.1, 0.15) is 27.2 Å². The van der Waals surface area contributed by atoms with Crippen LogP contribution in [0, 0.1) is 11.3 Å². The predicted molar refractivity (Wildman–Crippen MR) is 63.8 cm³/mol. The molecule has 94 valence electrons. The van der Waals surface area contributed by atoms with Crippen molar-refractivity contribution in [2.75, 3.05) is 18.8 Å². The molecule has 1 aliphatic heterocycles. The van der Waals surface area contributed by atoms with E-state index in [-0.39, 0.29) is 23.0 Å². The number of amides is 1. The zero-order chi connectivity index (χ0) is 12.6. The fraction of sp³-hybridized carbons (Fsp3) is 0.900. The number of likely N-dealkylation sites (tertiary alicyclic amines) is 1. The summed E-state index contributed by atoms with van der Waals surface area (Å²) >= 11 is 0. The molecule has 1 heterocycles. The minimum Gasteiger partial charge on any atom is -0.342 e. The fourth-order valence-corrected chi connectivity index (χ4v) is 3.29. The molecule has 0 aliphatic carbocycles. The SMILES string of the molecule is CC(C)(C)CN1CC(CS(=O)(=O)Cl)CC1=O. The van der Waals surface area contributed by atoms with Gasteiger partial charge in [-0.25, -0.2) is 8.42 Å². The Bertz CT molecular complexity index is 372. The minimum absolute atomic E-state index is 0.0280. The van der Waals surface area contributed by atoms with Crippen LogP contribution in [0.2, 0.25) is 0 Å². The molecule has 1 atom stereocenters. The molecule has 1 aliphatic rings. The quantitative estimate of drug-likeness (QED) is 0.728. The van der Waals surface area contributed by atoms with Crippen LogP contribution in [0.15, 0.2) is 0 Å². The Morgan fingerprint density at radius 2 is 2.00 bits per heavy atom. The molecule has 0 aromatic carbocycles. The number of nitrogens with zero attached hydrogens (tertiary/aromatic N) is 1. The smallest absolute Gasteiger partial charge is 0.232 e. The molecule has 4 nitrogen and oxygen atoms in total. The van der Waals surface area contributed by atoms with Crippen LogP contribution in [0.4, 0.5) is 0 Å². The molecule has 1 unspecified atom stereocenters. The average molecular weight is 268 g/mol. The van der Waals surface area contributed by atoms with E-state index in [1.807, 2.05) is 20.8 Å². The van der Waals surface area contributed by atoms with Gasteiger partial charge in [0.1, 0.15) is 0 Å². The first-order valence-corrected chi connectivity index (χ1v) is 7.75. The third-order valence-corrected chi connectivity index (χ3v) is 3.64. The Morgan fingerprint density at radius 1 is 1.44 bits per heavy atom. The van der Waals surface area contributed by atoms with Crippen LogP contribution >= 0.6 is 10.7 Å². The summed E-state index contributed by atoms with van der Waals surface area (Å²) in [6, 6.07) is 0. The number of rotatable bonds is 3. The van der Waals surface area contributed by atoms with Gasteiger partial charge in [-0.2, -0.15) is 0 Å². The molecule has 1 rings (SSSR count). The van der Waals surface area contributed by atoms with Crippen molar-refractivity contribution in [3.63, 3.8) is 0 Å². The molecule has 0 N–H and O–H groups in total. The molecule has 0 radical (unpaired) electrons. The van der Waals surface area contributed by atoms with Crippen LogP contribution in [-0.4, -0.2) is 38.1 Å². The molecule has 0 saturated carbocycles. The third-order valence-electron chi connectivity index (χ3n) is 2.39. The Hall–Kier alpha value is -0.290. The molecular formula is C10H18ClNO3S. The van der Waals surface area contributed by atoms with Gasteiger partial charge < -0.3 is 4.90 Å². The Morgan fingerprint density at radius 3 is 2.44 bits per heavy atom. The van der Waals surface area contributed by atoms with Gasteiger partial charge >= 0.3 is 0 Å². The van der Waals surface area contributed by atoms with E-state index in [4.69, 9.17) is 10.7 Å². The number of carbonyl (C=O) groups excluding carboxylic acids is 1. The second-order valence-electron chi connectivity index (χ2n) is 5.61. The molecule has 6 heteroatoms. The lowest BCUT2D eigenvalue weighted by molar-refractivity contribution is -0.128. The maximum Gasteiger partial charge on any atom is 0.232 e. The lowest BCUT2D eigenvalue weighted by Crippen LogP contribution is -2.34. The zero-order valence-corrected chi connectivity index (χ0v) is 11.4. The second-order valence-corrected chi connectivity index (χ2v) is 8.43. The van der Waals surface area contributed by atoms with Gasteiger partial charge in [0.25, 0.3) is 0 Å². The molecule has 0 bridgehead atoms. The van der Waals surface area contributed by atoms with E-state index < -0.39 is 9.05 Å². The highest BCUT2D eigenvalue weighted by Gasteiger charge is 2.33. The van der Waals surface area contributed by atoms with Crippen molar-refractivity contribution in [3.8, 4) is 0 Å². The lowest BCUT2D eigenvalue weighted by Gasteiger charge is -2.26. The maximum atomic E-state index is 11.6. The second kappa shape index (κ2) is 4.53. The Labute approximate surface area is 101 Å². The minimum atomic E-state index is -3.50. The van der Waals surface area contributed by atoms with Gasteiger partial charge in [-0.15, -0.1) is 0 Å². The number of halogens is 1. The van der Waals surface area contributed by atoms with E-state index in [1.165, 1.54) is 0 Å². The van der Waals surface area contributed by atoms with Crippen molar-refractivity contribution in [3.05, 3.63) is 0 Å². The van der Waals surface area contributed by atoms with Crippen LogP contribution in [0.5, 0.6) is 0 Å². The van der Waals surface area contributed by atoms with Crippen LogP contribution in [0.3, 0.4) is 0 Å². The maximum absolute atomic E-state index is 11.6. The molecular weight excluding hydrogens is 250 g/mol. The van der Waals surface area contributed by atoms with Gasteiger partial charge in [0.15, 0.2) is 0 Å². The third kappa shape index (κ3) is 4.70. The van der Waals surface area contributed by atoms with E-state index in [1.54, 1.807) is 4.90 Å². The summed E-state index contributed by atoms with van der Waals surface area (Å²) in [5.41, 5.74) is 0.0321. The van der Waals surface area contributed by atoms with Crippen LogP contribution < -0.4 is 0 Å². The molecule has 16 heavy (non-hydrogen) atoms. The highest BCUT2D eigenvalue weighted by atomic mass is 35.7. The van der Waals surface area contributed by atoms with Crippen molar-refractivity contribution >= 4 is 25.6 Å². The zero-order valence-electron chi connectivity index (χ0n) is 9.86. The van der Waals surface area contributed by atoms with E-state index in [0.29, 0.717) is 19.5 Å². The summed E-state index contributed by atoms with van der Waals surface area (Å²) in [5.74, 6) is -0.237. The summed E-state index contributed by atoms with van der Waals surface area (Å²) in [5, 5.41) is 0. The molecule has 0 aromatic rings. The van der Waals surface area contributed by atoms with Crippen molar-refractivity contribution in [1.82, 2.24) is 4.90 Å². The van der Waals surface area contributed by atoms with Crippen molar-refractivity contribution in [2.45, 2.75) is 27.2 Å². The van der Waals surface area contributed by atoms with E-state index in [2.05, 4.69) is 0 Å². The van der Waals surface area contributed by atoms with Gasteiger partial charge in [0, 0.05) is 36.1 Å². The summed E-state index contributed by atoms with van der Waals surface area (Å²) in [7, 11) is 1.68. The van der Waals surface area contributed by atoms with Crippen molar-refractivity contribution in [1.29, 1.82) is 0 Å². The van der Waals surface area contributed by atoms with Crippen molar-refractivity contribution < 1.29 is 13.2 Å². The average Bonchev–Trinajstić information content (AvgIpc) is 2.23. The molecule has 1 fully saturated rings. The first-order valence-electron chi connectivity index (χ1n) is 5.27. The van der Waals surface area contributed by atoms with E-state index in [9.17, 15) is 13.2 Å². The van der Waals surface area contributed by atoms with Crippen LogP contribution in [0.25, 0.3) is 0 Å². The van der Waals surface area contributed by atoms with Crippen LogP contribution in [-0.2, 0) is 13.8 Å². The molecule has 1 amide bonds. The highest BCUT2D eigenvalue weighted by Crippen LogP contribution is 2.24. The Kier molecular flexibility index (Phi) is 3.90. The first kappa shape index (κ1) is 13.8. The summed E-state index contributed by atoms with van der Waals surface area (Å²) in [4.78, 5) is 13.4. The van der Waals surface area contributed by atoms with Crippen molar-refractivity contribution in [2.24, 2.45) is 11.3 Å². The van der Waals surface area contributed by atoms with Gasteiger partial charge in [0.05, 0.1) is 5.75 Å². The van der Waals surface area contributed by atoms with Gasteiger partial charge in [-0.05, 0) is 5.41 Å². The summed E-state index contributed by atoms with van der Waals surface area (Å²) < 4.78 is 21.8. The first-order chi connectivity index (χ1) is 7.07. The fourth-order valence-electron chi connectivity index (χ4n) is 1.97. The number of hydrogen-bond donors (Lipinski definition) is 0. The summed E-state index contributed by atoms with van der Waals surface area (Å²) in [6.45, 7) is 7.30. The normalized spacial score (nSPS) is 22.9. The standard InChI is InChI=1S/C10H18ClNO3S/c1-10(2,3)7-12-5-8(4-9(12)13)6-16(11,14)15/h8H,4-7H2,1-3H3. The summed E-state index contributed by atoms with van der Waals surface area (Å²) in [6.07, 6.45) is 0.294. The van der Waals surface area contributed by atoms with Gasteiger partial charge in [-0.1, -0.05) is 20.8 Å². The Balaban J connectivity index is 2.58. The molecule has 1 saturated heterocycles. The van der Waals surface area contributed by atoms with E-state index >= 15 is 0 Å². The highest BCUT2D eigenvalue weighted by molar-refractivity contribution is 8.13. The number of hydrogen-bond acceptors (Lipinski definition) is 3. The predicted octanol–water partition coefficient (Wildman–Crippen LogP) is 1.45. The lowest BCUT2D eigenvalue weighted by atomic mass is 9.96.